The van der Waals surface area contributed by atoms with E-state index in [2.05, 4.69) is 5.32 Å². The molecule has 0 atom stereocenters. The average Bonchev–Trinajstić information content (AvgIpc) is 2.68. The van der Waals surface area contributed by atoms with E-state index in [1.807, 2.05) is 18.4 Å². The van der Waals surface area contributed by atoms with Crippen LogP contribution in [0.2, 0.25) is 0 Å². The second-order valence-electron chi connectivity index (χ2n) is 4.30. The number of carbonyl (C=O) groups excluding carboxylic acids is 1. The Morgan fingerprint density at radius 1 is 1.50 bits per heavy atom. The zero-order valence-corrected chi connectivity index (χ0v) is 11.6. The number of aryl methyl sites for hydroxylation is 1. The third-order valence-corrected chi connectivity index (χ3v) is 3.58. The van der Waals surface area contributed by atoms with Crippen molar-refractivity contribution in [1.29, 1.82) is 0 Å². The smallest absolute Gasteiger partial charge is 0.323 e. The second-order valence-corrected chi connectivity index (χ2v) is 5.30. The van der Waals surface area contributed by atoms with Crippen LogP contribution in [0.4, 0.5) is 4.79 Å². The molecule has 0 aromatic carbocycles. The maximum atomic E-state index is 11.9. The molecule has 1 heterocycles. The third-order valence-electron chi connectivity index (χ3n) is 2.56. The molecule has 100 valence electrons. The first-order valence-electron chi connectivity index (χ1n) is 5.71. The molecule has 1 rings (SSSR count). The van der Waals surface area contributed by atoms with Gasteiger partial charge < -0.3 is 15.3 Å². The summed E-state index contributed by atoms with van der Waals surface area (Å²) >= 11 is 1.58. The zero-order chi connectivity index (χ0) is 13.7. The van der Waals surface area contributed by atoms with Gasteiger partial charge in [-0.2, -0.15) is 0 Å². The monoisotopic (exact) mass is 270 g/mol. The molecular weight excluding hydrogens is 252 g/mol. The molecule has 0 spiro atoms. The number of carbonyl (C=O) groups is 2. The van der Waals surface area contributed by atoms with Crippen molar-refractivity contribution in [3.63, 3.8) is 0 Å². The molecule has 1 aromatic heterocycles. The van der Waals surface area contributed by atoms with Gasteiger partial charge in [0, 0.05) is 10.9 Å². The first-order valence-corrected chi connectivity index (χ1v) is 6.59. The maximum absolute atomic E-state index is 11.9. The van der Waals surface area contributed by atoms with Crippen molar-refractivity contribution in [2.75, 3.05) is 6.54 Å². The Kier molecular flexibility index (Phi) is 5.15. The Balaban J connectivity index is 2.57. The van der Waals surface area contributed by atoms with Crippen LogP contribution in [-0.4, -0.2) is 34.6 Å². The number of urea groups is 1. The van der Waals surface area contributed by atoms with Gasteiger partial charge >= 0.3 is 12.0 Å². The van der Waals surface area contributed by atoms with E-state index in [0.717, 1.165) is 10.4 Å². The fourth-order valence-electron chi connectivity index (χ4n) is 1.48. The van der Waals surface area contributed by atoms with Crippen LogP contribution in [0.3, 0.4) is 0 Å². The quantitative estimate of drug-likeness (QED) is 0.860. The fourth-order valence-corrected chi connectivity index (χ4v) is 2.32. The van der Waals surface area contributed by atoms with E-state index in [4.69, 9.17) is 5.11 Å². The predicted octanol–water partition coefficient (Wildman–Crippen LogP) is 2.06. The van der Waals surface area contributed by atoms with E-state index in [-0.39, 0.29) is 18.6 Å². The van der Waals surface area contributed by atoms with Gasteiger partial charge in [0.05, 0.1) is 6.54 Å². The molecule has 0 unspecified atom stereocenters. The number of rotatable bonds is 5. The molecule has 6 heteroatoms. The minimum atomic E-state index is -1.01. The number of nitrogens with one attached hydrogen (secondary N) is 1. The number of amides is 2. The standard InChI is InChI=1S/C12H18N2O3S/c1-8(2)14(7-11(15)16)12(17)13-6-10-9(3)4-5-18-10/h4-5,8H,6-7H2,1-3H3,(H,13,17)(H,15,16). The van der Waals surface area contributed by atoms with Crippen LogP contribution in [0.15, 0.2) is 11.4 Å². The topological polar surface area (TPSA) is 69.6 Å². The van der Waals surface area contributed by atoms with Gasteiger partial charge in [0.2, 0.25) is 0 Å². The minimum Gasteiger partial charge on any atom is -0.480 e. The molecular formula is C12H18N2O3S. The highest BCUT2D eigenvalue weighted by atomic mass is 32.1. The Labute approximate surface area is 110 Å². The van der Waals surface area contributed by atoms with Crippen molar-refractivity contribution >= 4 is 23.3 Å². The summed E-state index contributed by atoms with van der Waals surface area (Å²) in [5, 5.41) is 13.5. The van der Waals surface area contributed by atoms with Crippen molar-refractivity contribution in [3.05, 3.63) is 21.9 Å². The highest BCUT2D eigenvalue weighted by Crippen LogP contribution is 2.15. The van der Waals surface area contributed by atoms with E-state index in [1.165, 1.54) is 4.90 Å². The number of carboxylic acids is 1. The predicted molar refractivity (Wildman–Crippen MR) is 70.8 cm³/mol. The number of thiophene rings is 1. The lowest BCUT2D eigenvalue weighted by molar-refractivity contribution is -0.138. The summed E-state index contributed by atoms with van der Waals surface area (Å²) in [7, 11) is 0. The molecule has 0 aliphatic carbocycles. The van der Waals surface area contributed by atoms with Gasteiger partial charge in [-0.1, -0.05) is 0 Å². The van der Waals surface area contributed by atoms with Gasteiger partial charge in [0.25, 0.3) is 0 Å². The SMILES string of the molecule is Cc1ccsc1CNC(=O)N(CC(=O)O)C(C)C. The van der Waals surface area contributed by atoms with E-state index in [9.17, 15) is 9.59 Å². The van der Waals surface area contributed by atoms with Crippen molar-refractivity contribution in [2.24, 2.45) is 0 Å². The highest BCUT2D eigenvalue weighted by molar-refractivity contribution is 7.10. The number of aliphatic carboxylic acids is 1. The van der Waals surface area contributed by atoms with E-state index < -0.39 is 5.97 Å². The summed E-state index contributed by atoms with van der Waals surface area (Å²) in [6, 6.07) is 1.50. The van der Waals surface area contributed by atoms with Crippen LogP contribution in [0.5, 0.6) is 0 Å². The van der Waals surface area contributed by atoms with Gasteiger partial charge in [0.1, 0.15) is 6.54 Å². The van der Waals surface area contributed by atoms with Crippen molar-refractivity contribution < 1.29 is 14.7 Å². The van der Waals surface area contributed by atoms with Gasteiger partial charge in [-0.15, -0.1) is 11.3 Å². The van der Waals surface area contributed by atoms with Gasteiger partial charge in [-0.3, -0.25) is 4.79 Å². The molecule has 2 N–H and O–H groups in total. The number of nitrogens with zero attached hydrogens (tertiary/aromatic N) is 1. The summed E-state index contributed by atoms with van der Waals surface area (Å²) in [5.41, 5.74) is 1.13. The van der Waals surface area contributed by atoms with E-state index >= 15 is 0 Å². The third kappa shape index (κ3) is 4.03. The molecule has 18 heavy (non-hydrogen) atoms. The number of hydrogen-bond donors (Lipinski definition) is 2. The normalized spacial score (nSPS) is 10.4. The van der Waals surface area contributed by atoms with Crippen LogP contribution >= 0.6 is 11.3 Å². The van der Waals surface area contributed by atoms with Crippen LogP contribution < -0.4 is 5.32 Å². The van der Waals surface area contributed by atoms with Crippen LogP contribution in [0.1, 0.15) is 24.3 Å². The van der Waals surface area contributed by atoms with Crippen molar-refractivity contribution in [2.45, 2.75) is 33.4 Å². The molecule has 2 amide bonds. The Morgan fingerprint density at radius 2 is 2.17 bits per heavy atom. The average molecular weight is 270 g/mol. The van der Waals surface area contributed by atoms with Crippen LogP contribution in [0.25, 0.3) is 0 Å². The first kappa shape index (κ1) is 14.5. The Bertz CT molecular complexity index is 429. The van der Waals surface area contributed by atoms with Crippen LogP contribution in [0, 0.1) is 6.92 Å². The molecule has 0 radical (unpaired) electrons. The van der Waals surface area contributed by atoms with Crippen molar-refractivity contribution in [3.8, 4) is 0 Å². The van der Waals surface area contributed by atoms with Gasteiger partial charge in [0.15, 0.2) is 0 Å². The summed E-state index contributed by atoms with van der Waals surface area (Å²) in [6.07, 6.45) is 0. The molecule has 0 aliphatic rings. The molecule has 5 nitrogen and oxygen atoms in total. The number of hydrogen-bond acceptors (Lipinski definition) is 3. The molecule has 0 bridgehead atoms. The number of carboxylic acid groups (broad SMARTS) is 1. The maximum Gasteiger partial charge on any atom is 0.323 e. The largest absolute Gasteiger partial charge is 0.480 e. The molecule has 1 aromatic rings. The minimum absolute atomic E-state index is 0.148. The van der Waals surface area contributed by atoms with Crippen LogP contribution in [-0.2, 0) is 11.3 Å². The van der Waals surface area contributed by atoms with Gasteiger partial charge in [-0.25, -0.2) is 4.79 Å². The lowest BCUT2D eigenvalue weighted by atomic mass is 10.3. The molecule has 0 aliphatic heterocycles. The van der Waals surface area contributed by atoms with E-state index in [0.29, 0.717) is 6.54 Å². The lowest BCUT2D eigenvalue weighted by Crippen LogP contribution is -2.46. The summed E-state index contributed by atoms with van der Waals surface area (Å²) in [5.74, 6) is -1.01. The molecule has 0 fully saturated rings. The zero-order valence-electron chi connectivity index (χ0n) is 10.8. The molecule has 0 saturated carbocycles. The summed E-state index contributed by atoms with van der Waals surface area (Å²) < 4.78 is 0. The summed E-state index contributed by atoms with van der Waals surface area (Å²) in [6.45, 7) is 5.71. The highest BCUT2D eigenvalue weighted by Gasteiger charge is 2.19. The Hall–Kier alpha value is -1.56. The van der Waals surface area contributed by atoms with Crippen molar-refractivity contribution in [1.82, 2.24) is 10.2 Å². The Morgan fingerprint density at radius 3 is 2.61 bits per heavy atom. The van der Waals surface area contributed by atoms with E-state index in [1.54, 1.807) is 25.2 Å². The fraction of sp³-hybridized carbons (Fsp3) is 0.500. The van der Waals surface area contributed by atoms with Gasteiger partial charge in [-0.05, 0) is 37.8 Å². The summed E-state index contributed by atoms with van der Waals surface area (Å²) in [4.78, 5) is 25.0. The molecule has 0 saturated heterocycles. The first-order chi connectivity index (χ1) is 8.41. The lowest BCUT2D eigenvalue weighted by Gasteiger charge is -2.25. The second kappa shape index (κ2) is 6.39.